The predicted octanol–water partition coefficient (Wildman–Crippen LogP) is 2.23. The van der Waals surface area contributed by atoms with Crippen molar-refractivity contribution >= 4 is 16.6 Å². The van der Waals surface area contributed by atoms with Crippen LogP contribution in [0.4, 0.5) is 5.69 Å². The van der Waals surface area contributed by atoms with Gasteiger partial charge in [0.05, 0.1) is 11.2 Å². The lowest BCUT2D eigenvalue weighted by Gasteiger charge is -2.24. The number of hydrogen-bond donors (Lipinski definition) is 1. The number of fused-ring (bicyclic) bond motifs is 1. The van der Waals surface area contributed by atoms with E-state index in [0.717, 1.165) is 24.3 Å². The summed E-state index contributed by atoms with van der Waals surface area (Å²) in [6, 6.07) is 10.4. The first-order valence-corrected chi connectivity index (χ1v) is 7.80. The van der Waals surface area contributed by atoms with Crippen molar-refractivity contribution in [3.8, 4) is 0 Å². The number of likely N-dealkylation sites (tertiary alicyclic amines) is 1. The van der Waals surface area contributed by atoms with Gasteiger partial charge in [0.15, 0.2) is 0 Å². The fraction of sp³-hybridized carbons (Fsp3) is 0.471. The summed E-state index contributed by atoms with van der Waals surface area (Å²) < 4.78 is 0. The molecule has 1 aromatic heterocycles. The zero-order valence-electron chi connectivity index (χ0n) is 12.8. The van der Waals surface area contributed by atoms with Gasteiger partial charge in [-0.1, -0.05) is 18.2 Å². The van der Waals surface area contributed by atoms with Crippen molar-refractivity contribution < 1.29 is 0 Å². The van der Waals surface area contributed by atoms with Gasteiger partial charge in [0.2, 0.25) is 0 Å². The highest BCUT2D eigenvalue weighted by Crippen LogP contribution is 2.26. The number of hydrogen-bond acceptors (Lipinski definition) is 4. The summed E-state index contributed by atoms with van der Waals surface area (Å²) in [5, 5.41) is 1.21. The first-order chi connectivity index (χ1) is 10.3. The van der Waals surface area contributed by atoms with Gasteiger partial charge in [-0.05, 0) is 38.1 Å². The Morgan fingerprint density at radius 3 is 2.76 bits per heavy atom. The van der Waals surface area contributed by atoms with Crippen LogP contribution in [0.2, 0.25) is 0 Å². The van der Waals surface area contributed by atoms with Crippen LogP contribution < -0.4 is 10.6 Å². The molecule has 1 fully saturated rings. The van der Waals surface area contributed by atoms with Crippen LogP contribution in [-0.4, -0.2) is 43.1 Å². The van der Waals surface area contributed by atoms with E-state index >= 15 is 0 Å². The predicted molar refractivity (Wildman–Crippen MR) is 88.6 cm³/mol. The molecule has 21 heavy (non-hydrogen) atoms. The fourth-order valence-corrected chi connectivity index (χ4v) is 3.05. The minimum Gasteiger partial charge on any atom is -0.373 e. The van der Waals surface area contributed by atoms with Gasteiger partial charge in [-0.2, -0.15) is 0 Å². The molecule has 0 bridgehead atoms. The van der Waals surface area contributed by atoms with Gasteiger partial charge in [-0.3, -0.25) is 4.98 Å². The Kier molecular flexibility index (Phi) is 4.36. The van der Waals surface area contributed by atoms with Crippen molar-refractivity contribution in [3.05, 3.63) is 36.0 Å². The number of nitrogens with zero attached hydrogens (tertiary/aromatic N) is 3. The number of rotatable bonds is 5. The van der Waals surface area contributed by atoms with Crippen LogP contribution in [0.5, 0.6) is 0 Å². The molecule has 0 spiro atoms. The summed E-state index contributed by atoms with van der Waals surface area (Å²) in [7, 11) is 2.16. The normalized spacial score (nSPS) is 15.7. The van der Waals surface area contributed by atoms with Gasteiger partial charge in [0, 0.05) is 37.8 Å². The van der Waals surface area contributed by atoms with E-state index in [1.54, 1.807) is 0 Å². The molecular weight excluding hydrogens is 260 g/mol. The molecule has 1 aliphatic heterocycles. The van der Waals surface area contributed by atoms with E-state index in [2.05, 4.69) is 46.1 Å². The van der Waals surface area contributed by atoms with Crippen LogP contribution in [0.1, 0.15) is 18.5 Å². The Morgan fingerprint density at radius 2 is 2.00 bits per heavy atom. The molecule has 0 atom stereocenters. The Balaban J connectivity index is 1.83. The highest BCUT2D eigenvalue weighted by atomic mass is 15.2. The van der Waals surface area contributed by atoms with E-state index in [4.69, 9.17) is 5.73 Å². The molecule has 1 saturated heterocycles. The van der Waals surface area contributed by atoms with E-state index < -0.39 is 0 Å². The Labute approximate surface area is 126 Å². The van der Waals surface area contributed by atoms with Gasteiger partial charge in [-0.15, -0.1) is 0 Å². The van der Waals surface area contributed by atoms with E-state index in [0.29, 0.717) is 6.54 Å². The maximum Gasteiger partial charge on any atom is 0.0726 e. The number of nitrogens with two attached hydrogens (primary N) is 1. The van der Waals surface area contributed by atoms with Gasteiger partial charge >= 0.3 is 0 Å². The first kappa shape index (κ1) is 14.3. The van der Waals surface area contributed by atoms with E-state index in [-0.39, 0.29) is 0 Å². The standard InChI is InChI=1S/C17H24N4/c1-20(10-11-21-8-4-5-9-21)17-12-14(13-18)19-16-7-3-2-6-15(16)17/h2-3,6-7,12H,4-5,8-11,13,18H2,1H3. The molecule has 4 heteroatoms. The lowest BCUT2D eigenvalue weighted by Crippen LogP contribution is -2.31. The summed E-state index contributed by atoms with van der Waals surface area (Å²) >= 11 is 0. The van der Waals surface area contributed by atoms with Crippen LogP contribution in [-0.2, 0) is 6.54 Å². The maximum absolute atomic E-state index is 5.79. The van der Waals surface area contributed by atoms with Crippen LogP contribution in [0.25, 0.3) is 10.9 Å². The van der Waals surface area contributed by atoms with E-state index in [1.807, 2.05) is 6.07 Å². The molecule has 0 saturated carbocycles. The van der Waals surface area contributed by atoms with Gasteiger partial charge in [-0.25, -0.2) is 0 Å². The molecule has 0 aliphatic carbocycles. The minimum absolute atomic E-state index is 0.484. The zero-order chi connectivity index (χ0) is 14.7. The van der Waals surface area contributed by atoms with Crippen LogP contribution in [0.15, 0.2) is 30.3 Å². The van der Waals surface area contributed by atoms with Crippen molar-refractivity contribution in [3.63, 3.8) is 0 Å². The Hall–Kier alpha value is -1.65. The van der Waals surface area contributed by atoms with E-state index in [1.165, 1.54) is 37.0 Å². The fourth-order valence-electron chi connectivity index (χ4n) is 3.05. The smallest absolute Gasteiger partial charge is 0.0726 e. The van der Waals surface area contributed by atoms with Crippen LogP contribution >= 0.6 is 0 Å². The van der Waals surface area contributed by atoms with Crippen molar-refractivity contribution in [2.45, 2.75) is 19.4 Å². The third-order valence-corrected chi connectivity index (χ3v) is 4.32. The summed E-state index contributed by atoms with van der Waals surface area (Å²) in [6.07, 6.45) is 2.69. The van der Waals surface area contributed by atoms with Crippen molar-refractivity contribution in [2.75, 3.05) is 38.1 Å². The second kappa shape index (κ2) is 6.41. The number of pyridine rings is 1. The molecule has 2 N–H and O–H groups in total. The highest BCUT2D eigenvalue weighted by Gasteiger charge is 2.13. The molecule has 0 unspecified atom stereocenters. The monoisotopic (exact) mass is 284 g/mol. The summed E-state index contributed by atoms with van der Waals surface area (Å²) in [4.78, 5) is 9.49. The lowest BCUT2D eigenvalue weighted by molar-refractivity contribution is 0.347. The largest absolute Gasteiger partial charge is 0.373 e. The van der Waals surface area contributed by atoms with Crippen molar-refractivity contribution in [1.29, 1.82) is 0 Å². The van der Waals surface area contributed by atoms with Gasteiger partial charge in [0.25, 0.3) is 0 Å². The van der Waals surface area contributed by atoms with Gasteiger partial charge < -0.3 is 15.5 Å². The second-order valence-corrected chi connectivity index (χ2v) is 5.82. The van der Waals surface area contributed by atoms with Crippen LogP contribution in [0.3, 0.4) is 0 Å². The quantitative estimate of drug-likeness (QED) is 0.914. The molecule has 0 amide bonds. The minimum atomic E-state index is 0.484. The van der Waals surface area contributed by atoms with E-state index in [9.17, 15) is 0 Å². The van der Waals surface area contributed by atoms with Crippen molar-refractivity contribution in [2.24, 2.45) is 5.73 Å². The second-order valence-electron chi connectivity index (χ2n) is 5.82. The third-order valence-electron chi connectivity index (χ3n) is 4.32. The zero-order valence-corrected chi connectivity index (χ0v) is 12.8. The lowest BCUT2D eigenvalue weighted by atomic mass is 10.1. The molecule has 1 aromatic carbocycles. The number of anilines is 1. The Bertz CT molecular complexity index is 605. The van der Waals surface area contributed by atoms with Crippen LogP contribution in [0, 0.1) is 0 Å². The van der Waals surface area contributed by atoms with Gasteiger partial charge in [0.1, 0.15) is 0 Å². The summed E-state index contributed by atoms with van der Waals surface area (Å²) in [6.45, 7) is 5.15. The molecule has 0 radical (unpaired) electrons. The average Bonchev–Trinajstić information content (AvgIpc) is 3.05. The number of aromatic nitrogens is 1. The molecule has 4 nitrogen and oxygen atoms in total. The SMILES string of the molecule is CN(CCN1CCCC1)c1cc(CN)nc2ccccc12. The molecule has 2 heterocycles. The Morgan fingerprint density at radius 1 is 1.24 bits per heavy atom. The summed E-state index contributed by atoms with van der Waals surface area (Å²) in [5.41, 5.74) is 9.02. The molecular formula is C17H24N4. The topological polar surface area (TPSA) is 45.4 Å². The molecule has 2 aromatic rings. The maximum atomic E-state index is 5.79. The first-order valence-electron chi connectivity index (χ1n) is 7.80. The molecule has 1 aliphatic rings. The molecule has 3 rings (SSSR count). The number of likely N-dealkylation sites (N-methyl/N-ethyl adjacent to an activating group) is 1. The third kappa shape index (κ3) is 3.17. The molecule has 112 valence electrons. The number of para-hydroxylation sites is 1. The van der Waals surface area contributed by atoms with Crippen molar-refractivity contribution in [1.82, 2.24) is 9.88 Å². The summed E-state index contributed by atoms with van der Waals surface area (Å²) in [5.74, 6) is 0. The highest BCUT2D eigenvalue weighted by molar-refractivity contribution is 5.91. The average molecular weight is 284 g/mol. The number of benzene rings is 1.